The topological polar surface area (TPSA) is 32.3 Å². The molecule has 2 unspecified atom stereocenters. The molecule has 0 heterocycles. The summed E-state index contributed by atoms with van der Waals surface area (Å²) in [5.41, 5.74) is 1.31. The molecular formula is C17H29NO. The van der Waals surface area contributed by atoms with Crippen LogP contribution in [0.25, 0.3) is 0 Å². The highest BCUT2D eigenvalue weighted by molar-refractivity contribution is 5.18. The van der Waals surface area contributed by atoms with Crippen LogP contribution in [0.4, 0.5) is 0 Å². The number of nitrogens with one attached hydrogen (secondary N) is 1. The van der Waals surface area contributed by atoms with Crippen LogP contribution in [0.2, 0.25) is 0 Å². The van der Waals surface area contributed by atoms with Gasteiger partial charge in [-0.25, -0.2) is 0 Å². The van der Waals surface area contributed by atoms with E-state index in [1.165, 1.54) is 5.56 Å². The van der Waals surface area contributed by atoms with E-state index in [4.69, 9.17) is 0 Å². The molecule has 0 aliphatic rings. The number of benzene rings is 1. The van der Waals surface area contributed by atoms with E-state index in [1.807, 2.05) is 6.07 Å². The Morgan fingerprint density at radius 1 is 0.947 bits per heavy atom. The standard InChI is InChI=1S/C17H29NO/c1-13(2)10-16(19)12-18-17(11-14(3)4)15-8-6-5-7-9-15/h5-9,13-14,16-19H,10-12H2,1-4H3. The van der Waals surface area contributed by atoms with Gasteiger partial charge in [0.25, 0.3) is 0 Å². The van der Waals surface area contributed by atoms with E-state index in [0.717, 1.165) is 12.8 Å². The molecule has 0 aliphatic carbocycles. The van der Waals surface area contributed by atoms with Crippen molar-refractivity contribution in [2.45, 2.75) is 52.7 Å². The van der Waals surface area contributed by atoms with Crippen LogP contribution in [0.15, 0.2) is 30.3 Å². The summed E-state index contributed by atoms with van der Waals surface area (Å²) < 4.78 is 0. The van der Waals surface area contributed by atoms with Crippen molar-refractivity contribution in [3.05, 3.63) is 35.9 Å². The number of hydrogen-bond donors (Lipinski definition) is 2. The van der Waals surface area contributed by atoms with Gasteiger partial charge in [-0.3, -0.25) is 0 Å². The summed E-state index contributed by atoms with van der Waals surface area (Å²) in [5.74, 6) is 1.18. The van der Waals surface area contributed by atoms with Gasteiger partial charge in [0.2, 0.25) is 0 Å². The number of aliphatic hydroxyl groups excluding tert-OH is 1. The molecular weight excluding hydrogens is 234 g/mol. The van der Waals surface area contributed by atoms with Crippen LogP contribution >= 0.6 is 0 Å². The highest BCUT2D eigenvalue weighted by Gasteiger charge is 2.15. The van der Waals surface area contributed by atoms with Gasteiger partial charge in [-0.1, -0.05) is 58.0 Å². The summed E-state index contributed by atoms with van der Waals surface area (Å²) >= 11 is 0. The molecule has 1 aromatic carbocycles. The minimum Gasteiger partial charge on any atom is -0.392 e. The van der Waals surface area contributed by atoms with E-state index < -0.39 is 0 Å². The quantitative estimate of drug-likeness (QED) is 0.748. The van der Waals surface area contributed by atoms with Crippen LogP contribution in [0.3, 0.4) is 0 Å². The lowest BCUT2D eigenvalue weighted by Gasteiger charge is -2.23. The first-order valence-electron chi connectivity index (χ1n) is 7.45. The molecule has 108 valence electrons. The molecule has 19 heavy (non-hydrogen) atoms. The largest absolute Gasteiger partial charge is 0.392 e. The van der Waals surface area contributed by atoms with Crippen molar-refractivity contribution >= 4 is 0 Å². The Labute approximate surface area is 118 Å². The Morgan fingerprint density at radius 3 is 2.05 bits per heavy atom. The Bertz CT molecular complexity index is 334. The fourth-order valence-corrected chi connectivity index (χ4v) is 2.40. The molecule has 1 rings (SSSR count). The summed E-state index contributed by atoms with van der Waals surface area (Å²) in [5, 5.41) is 13.5. The third-order valence-electron chi connectivity index (χ3n) is 3.25. The molecule has 0 amide bonds. The third kappa shape index (κ3) is 6.74. The fourth-order valence-electron chi connectivity index (χ4n) is 2.40. The minimum atomic E-state index is -0.252. The van der Waals surface area contributed by atoms with Crippen LogP contribution in [0.1, 0.15) is 52.1 Å². The maximum absolute atomic E-state index is 9.99. The van der Waals surface area contributed by atoms with Gasteiger partial charge in [-0.2, -0.15) is 0 Å². The average molecular weight is 263 g/mol. The van der Waals surface area contributed by atoms with Crippen molar-refractivity contribution < 1.29 is 5.11 Å². The molecule has 0 spiro atoms. The van der Waals surface area contributed by atoms with Gasteiger partial charge < -0.3 is 10.4 Å². The van der Waals surface area contributed by atoms with Crippen LogP contribution in [-0.4, -0.2) is 17.8 Å². The number of rotatable bonds is 8. The highest BCUT2D eigenvalue weighted by Crippen LogP contribution is 2.21. The van der Waals surface area contributed by atoms with Gasteiger partial charge in [-0.05, 0) is 30.2 Å². The summed E-state index contributed by atoms with van der Waals surface area (Å²) in [6, 6.07) is 10.9. The Hall–Kier alpha value is -0.860. The molecule has 2 N–H and O–H groups in total. The fraction of sp³-hybridized carbons (Fsp3) is 0.647. The second kappa shape index (κ2) is 8.34. The van der Waals surface area contributed by atoms with Crippen LogP contribution in [0, 0.1) is 11.8 Å². The lowest BCUT2D eigenvalue weighted by Crippen LogP contribution is -2.31. The van der Waals surface area contributed by atoms with E-state index in [1.54, 1.807) is 0 Å². The van der Waals surface area contributed by atoms with Gasteiger partial charge in [0, 0.05) is 12.6 Å². The van der Waals surface area contributed by atoms with E-state index in [2.05, 4.69) is 57.3 Å². The molecule has 0 aromatic heterocycles. The smallest absolute Gasteiger partial charge is 0.0667 e. The molecule has 0 bridgehead atoms. The summed E-state index contributed by atoms with van der Waals surface area (Å²) in [4.78, 5) is 0. The summed E-state index contributed by atoms with van der Waals surface area (Å²) in [7, 11) is 0. The molecule has 0 saturated heterocycles. The Balaban J connectivity index is 2.56. The van der Waals surface area contributed by atoms with Gasteiger partial charge in [0.1, 0.15) is 0 Å². The number of aliphatic hydroxyl groups is 1. The maximum Gasteiger partial charge on any atom is 0.0667 e. The Kier molecular flexibility index (Phi) is 7.11. The van der Waals surface area contributed by atoms with Crippen molar-refractivity contribution in [2.24, 2.45) is 11.8 Å². The first-order chi connectivity index (χ1) is 8.99. The lowest BCUT2D eigenvalue weighted by atomic mass is 9.96. The average Bonchev–Trinajstić information content (AvgIpc) is 2.34. The van der Waals surface area contributed by atoms with E-state index in [9.17, 15) is 5.11 Å². The van der Waals surface area contributed by atoms with E-state index in [0.29, 0.717) is 24.4 Å². The van der Waals surface area contributed by atoms with Gasteiger partial charge in [-0.15, -0.1) is 0 Å². The molecule has 1 aromatic rings. The molecule has 0 fully saturated rings. The van der Waals surface area contributed by atoms with Crippen molar-refractivity contribution in [3.63, 3.8) is 0 Å². The zero-order valence-corrected chi connectivity index (χ0v) is 12.8. The normalized spacial score (nSPS) is 14.9. The zero-order chi connectivity index (χ0) is 14.3. The molecule has 2 atom stereocenters. The molecule has 0 radical (unpaired) electrons. The highest BCUT2D eigenvalue weighted by atomic mass is 16.3. The number of hydrogen-bond acceptors (Lipinski definition) is 2. The predicted octanol–water partition coefficient (Wildman–Crippen LogP) is 3.77. The van der Waals surface area contributed by atoms with Gasteiger partial charge in [0.15, 0.2) is 0 Å². The predicted molar refractivity (Wildman–Crippen MR) is 82.1 cm³/mol. The van der Waals surface area contributed by atoms with Crippen LogP contribution in [-0.2, 0) is 0 Å². The summed E-state index contributed by atoms with van der Waals surface area (Å²) in [6.07, 6.45) is 1.70. The van der Waals surface area contributed by atoms with Crippen molar-refractivity contribution in [3.8, 4) is 0 Å². The first kappa shape index (κ1) is 16.2. The SMILES string of the molecule is CC(C)CC(O)CNC(CC(C)C)c1ccccc1. The molecule has 0 saturated carbocycles. The van der Waals surface area contributed by atoms with Crippen molar-refractivity contribution in [1.82, 2.24) is 5.32 Å². The minimum absolute atomic E-state index is 0.252. The molecule has 2 nitrogen and oxygen atoms in total. The van der Waals surface area contributed by atoms with Crippen LogP contribution < -0.4 is 5.32 Å². The van der Waals surface area contributed by atoms with Gasteiger partial charge >= 0.3 is 0 Å². The second-order valence-corrected chi connectivity index (χ2v) is 6.28. The second-order valence-electron chi connectivity index (χ2n) is 6.28. The van der Waals surface area contributed by atoms with Crippen molar-refractivity contribution in [1.29, 1.82) is 0 Å². The van der Waals surface area contributed by atoms with E-state index >= 15 is 0 Å². The van der Waals surface area contributed by atoms with Gasteiger partial charge in [0.05, 0.1) is 6.10 Å². The first-order valence-corrected chi connectivity index (χ1v) is 7.45. The molecule has 0 aliphatic heterocycles. The lowest BCUT2D eigenvalue weighted by molar-refractivity contribution is 0.141. The monoisotopic (exact) mass is 263 g/mol. The summed E-state index contributed by atoms with van der Waals surface area (Å²) in [6.45, 7) is 9.44. The Morgan fingerprint density at radius 2 is 1.53 bits per heavy atom. The van der Waals surface area contributed by atoms with Crippen molar-refractivity contribution in [2.75, 3.05) is 6.54 Å². The zero-order valence-electron chi connectivity index (χ0n) is 12.8. The van der Waals surface area contributed by atoms with E-state index in [-0.39, 0.29) is 6.10 Å². The van der Waals surface area contributed by atoms with Crippen LogP contribution in [0.5, 0.6) is 0 Å². The molecule has 2 heteroatoms. The maximum atomic E-state index is 9.99. The third-order valence-corrected chi connectivity index (χ3v) is 3.25.